The van der Waals surface area contributed by atoms with E-state index in [1.807, 2.05) is 0 Å². The molecule has 7 nitrogen and oxygen atoms in total. The SMILES string of the molecule is CC1([C@@H]2CC[C@]3(C(=O)N4CCN(CCCN5CCOCC5)CC4)CC[C@]4(C)[C@H](CC[C@@H]5[C@@]6(C)CC[C@H](OC(=O)[C@H]7C[C@@H](Cc8ccccc8)C7(C)C)C(C)(C)[C@@H]6CC[C@]54C)[C@@H]23)CC1. The Labute approximate surface area is 382 Å². The lowest BCUT2D eigenvalue weighted by molar-refractivity contribution is -0.253. The summed E-state index contributed by atoms with van der Waals surface area (Å²) in [6, 6.07) is 10.8. The zero-order valence-electron chi connectivity index (χ0n) is 41.2. The molecule has 2 aliphatic heterocycles. The number of piperazine rings is 1. The third-order valence-corrected chi connectivity index (χ3v) is 22.8. The summed E-state index contributed by atoms with van der Waals surface area (Å²) in [4.78, 5) is 37.1. The van der Waals surface area contributed by atoms with Crippen molar-refractivity contribution in [3.63, 3.8) is 0 Å². The molecule has 63 heavy (non-hydrogen) atoms. The average molecular weight is 866 g/mol. The minimum atomic E-state index is -0.163. The molecule has 1 aromatic carbocycles. The van der Waals surface area contributed by atoms with Crippen molar-refractivity contribution < 1.29 is 19.1 Å². The first-order valence-corrected chi connectivity index (χ1v) is 26.5. The molecule has 7 saturated carbocycles. The van der Waals surface area contributed by atoms with Crippen molar-refractivity contribution in [2.75, 3.05) is 65.6 Å². The second kappa shape index (κ2) is 16.1. The van der Waals surface area contributed by atoms with Crippen molar-refractivity contribution in [2.24, 2.45) is 79.3 Å². The van der Waals surface area contributed by atoms with Crippen LogP contribution in [0.15, 0.2) is 30.3 Å². The molecule has 10 rings (SSSR count). The lowest BCUT2D eigenvalue weighted by atomic mass is 9.32. The minimum absolute atomic E-state index is 0.0110. The minimum Gasteiger partial charge on any atom is -0.462 e. The first-order valence-electron chi connectivity index (χ1n) is 26.5. The molecular weight excluding hydrogens is 779 g/mol. The Balaban J connectivity index is 0.822. The third-order valence-electron chi connectivity index (χ3n) is 22.8. The molecule has 0 unspecified atom stereocenters. The van der Waals surface area contributed by atoms with Crippen LogP contribution in [0.2, 0.25) is 0 Å². The Morgan fingerprint density at radius 1 is 0.667 bits per heavy atom. The molecule has 12 atom stereocenters. The van der Waals surface area contributed by atoms with Gasteiger partial charge in [0.05, 0.1) is 24.5 Å². The van der Waals surface area contributed by atoms with Crippen molar-refractivity contribution in [3.05, 3.63) is 35.9 Å². The molecular formula is C56H87N3O4. The number of esters is 1. The van der Waals surface area contributed by atoms with Gasteiger partial charge in [0.1, 0.15) is 6.10 Å². The number of benzene rings is 1. The second-order valence-electron chi connectivity index (χ2n) is 25.9. The highest BCUT2D eigenvalue weighted by Gasteiger charge is 2.74. The molecule has 1 aromatic rings. The fourth-order valence-corrected chi connectivity index (χ4v) is 18.2. The number of hydrogen-bond donors (Lipinski definition) is 0. The number of carbonyl (C=O) groups excluding carboxylic acids is 2. The molecule has 9 fully saturated rings. The van der Waals surface area contributed by atoms with E-state index >= 15 is 4.79 Å². The van der Waals surface area contributed by atoms with Crippen molar-refractivity contribution in [2.45, 2.75) is 158 Å². The fourth-order valence-electron chi connectivity index (χ4n) is 18.2. The molecule has 0 N–H and O–H groups in total. The number of amides is 1. The zero-order chi connectivity index (χ0) is 44.2. The standard InChI is InChI=1S/C56H87N3O4/c1-50(2)40(37-39-13-10-9-11-14-39)38-43(50)48(60)63-46-19-20-53(6)44(51(46,3)4)18-21-55(8)45(53)16-15-42-47-41(52(5)23-24-52)17-22-56(47,26-25-54(42,55)7)49(61)59-31-29-57(30-32-59)27-12-28-58-33-35-62-36-34-58/h9-11,13-14,40-47H,12,15-38H2,1-8H3/t40-,41-,42-,43-,44+,45-,46+,47-,53+,54-,55-,56+/m1/s1. The summed E-state index contributed by atoms with van der Waals surface area (Å²) in [5.41, 5.74) is 2.27. The largest absolute Gasteiger partial charge is 0.462 e. The van der Waals surface area contributed by atoms with Gasteiger partial charge in [-0.2, -0.15) is 0 Å². The van der Waals surface area contributed by atoms with Crippen LogP contribution < -0.4 is 0 Å². The van der Waals surface area contributed by atoms with E-state index in [0.29, 0.717) is 46.8 Å². The topological polar surface area (TPSA) is 62.3 Å². The van der Waals surface area contributed by atoms with Crippen molar-refractivity contribution in [3.8, 4) is 0 Å². The van der Waals surface area contributed by atoms with E-state index in [2.05, 4.69) is 100 Å². The summed E-state index contributed by atoms with van der Waals surface area (Å²) >= 11 is 0. The molecule has 0 radical (unpaired) electrons. The van der Waals surface area contributed by atoms with Crippen LogP contribution in [-0.4, -0.2) is 98.3 Å². The summed E-state index contributed by atoms with van der Waals surface area (Å²) in [5, 5.41) is 0. The van der Waals surface area contributed by atoms with Crippen molar-refractivity contribution >= 4 is 11.9 Å². The van der Waals surface area contributed by atoms with Gasteiger partial charge < -0.3 is 14.4 Å². The van der Waals surface area contributed by atoms with Crippen LogP contribution in [0.3, 0.4) is 0 Å². The molecule has 0 bridgehead atoms. The van der Waals surface area contributed by atoms with Crippen LogP contribution in [-0.2, 0) is 25.5 Å². The number of fused-ring (bicyclic) bond motifs is 7. The Bertz CT molecular complexity index is 1850. The highest BCUT2D eigenvalue weighted by atomic mass is 16.5. The van der Waals surface area contributed by atoms with E-state index in [0.717, 1.165) is 104 Å². The van der Waals surface area contributed by atoms with Crippen LogP contribution in [0.4, 0.5) is 0 Å². The highest BCUT2D eigenvalue weighted by Crippen LogP contribution is 2.79. The number of hydrogen-bond acceptors (Lipinski definition) is 6. The van der Waals surface area contributed by atoms with Crippen LogP contribution in [0.1, 0.15) is 151 Å². The first kappa shape index (κ1) is 44.9. The third kappa shape index (κ3) is 7.16. The Morgan fingerprint density at radius 2 is 1.37 bits per heavy atom. The summed E-state index contributed by atoms with van der Waals surface area (Å²) in [6.45, 7) is 30.4. The molecule has 7 heteroatoms. The van der Waals surface area contributed by atoms with Gasteiger partial charge in [0.2, 0.25) is 5.91 Å². The van der Waals surface area contributed by atoms with E-state index in [1.54, 1.807) is 0 Å². The molecule has 9 aliphatic rings. The van der Waals surface area contributed by atoms with Gasteiger partial charge in [-0.15, -0.1) is 0 Å². The molecule has 1 amide bonds. The molecule has 0 spiro atoms. The smallest absolute Gasteiger partial charge is 0.309 e. The van der Waals surface area contributed by atoms with Gasteiger partial charge in [0, 0.05) is 44.7 Å². The highest BCUT2D eigenvalue weighted by molar-refractivity contribution is 5.84. The second-order valence-corrected chi connectivity index (χ2v) is 25.9. The van der Waals surface area contributed by atoms with E-state index in [9.17, 15) is 4.79 Å². The maximum Gasteiger partial charge on any atom is 0.309 e. The lowest BCUT2D eigenvalue weighted by Gasteiger charge is -2.73. The van der Waals surface area contributed by atoms with Crippen molar-refractivity contribution in [1.82, 2.24) is 14.7 Å². The number of morpholine rings is 1. The zero-order valence-corrected chi connectivity index (χ0v) is 41.2. The molecule has 2 saturated heterocycles. The van der Waals surface area contributed by atoms with E-state index in [4.69, 9.17) is 9.47 Å². The number of rotatable bonds is 10. The summed E-state index contributed by atoms with van der Waals surface area (Å²) < 4.78 is 12.3. The molecule has 350 valence electrons. The number of nitrogens with zero attached hydrogens (tertiary/aromatic N) is 3. The van der Waals surface area contributed by atoms with Crippen molar-refractivity contribution in [1.29, 1.82) is 0 Å². The number of carbonyl (C=O) groups is 2. The first-order chi connectivity index (χ1) is 30.0. The predicted octanol–water partition coefficient (Wildman–Crippen LogP) is 10.6. The maximum atomic E-state index is 15.4. The number of ether oxygens (including phenoxy) is 2. The van der Waals surface area contributed by atoms with Crippen LogP contribution in [0, 0.1) is 79.3 Å². The monoisotopic (exact) mass is 866 g/mol. The summed E-state index contributed by atoms with van der Waals surface area (Å²) in [5.74, 6) is 4.19. The molecule has 7 aliphatic carbocycles. The van der Waals surface area contributed by atoms with E-state index < -0.39 is 0 Å². The van der Waals surface area contributed by atoms with E-state index in [1.165, 1.54) is 63.4 Å². The fraction of sp³-hybridized carbons (Fsp3) is 0.857. The maximum absolute atomic E-state index is 15.4. The lowest BCUT2D eigenvalue weighted by Crippen LogP contribution is -2.68. The van der Waals surface area contributed by atoms with Crippen LogP contribution >= 0.6 is 0 Å². The van der Waals surface area contributed by atoms with Crippen LogP contribution in [0.25, 0.3) is 0 Å². The quantitative estimate of drug-likeness (QED) is 0.218. The van der Waals surface area contributed by atoms with Gasteiger partial charge in [-0.25, -0.2) is 0 Å². The van der Waals surface area contributed by atoms with Gasteiger partial charge in [-0.3, -0.25) is 19.4 Å². The van der Waals surface area contributed by atoms with Gasteiger partial charge in [0.25, 0.3) is 0 Å². The Kier molecular flexibility index (Phi) is 11.5. The summed E-state index contributed by atoms with van der Waals surface area (Å²) in [6.07, 6.45) is 17.9. The van der Waals surface area contributed by atoms with Gasteiger partial charge in [-0.05, 0) is 178 Å². The molecule has 2 heterocycles. The Morgan fingerprint density at radius 3 is 2.05 bits per heavy atom. The summed E-state index contributed by atoms with van der Waals surface area (Å²) in [7, 11) is 0. The van der Waals surface area contributed by atoms with Gasteiger partial charge in [-0.1, -0.05) is 85.7 Å². The van der Waals surface area contributed by atoms with Crippen LogP contribution in [0.5, 0.6) is 0 Å². The van der Waals surface area contributed by atoms with Gasteiger partial charge >= 0.3 is 5.97 Å². The normalized spacial score (nSPS) is 44.0. The molecule has 0 aromatic heterocycles. The average Bonchev–Trinajstić information content (AvgIpc) is 3.88. The van der Waals surface area contributed by atoms with Gasteiger partial charge in [0.15, 0.2) is 0 Å². The predicted molar refractivity (Wildman–Crippen MR) is 252 cm³/mol. The Hall–Kier alpha value is -1.96. The van der Waals surface area contributed by atoms with E-state index in [-0.39, 0.29) is 50.5 Å².